The highest BCUT2D eigenvalue weighted by Gasteiger charge is 2.19. The normalized spacial score (nSPS) is 10.9. The van der Waals surface area contributed by atoms with Crippen molar-refractivity contribution in [2.75, 3.05) is 11.1 Å². The third kappa shape index (κ3) is 4.75. The predicted octanol–water partition coefficient (Wildman–Crippen LogP) is 5.93. The number of amides is 1. The molecule has 0 fully saturated rings. The van der Waals surface area contributed by atoms with Gasteiger partial charge in [-0.2, -0.15) is 0 Å². The highest BCUT2D eigenvalue weighted by molar-refractivity contribution is 7.99. The minimum atomic E-state index is -0.387. The molecule has 0 radical (unpaired) electrons. The molecular weight excluding hydrogens is 469 g/mol. The number of anilines is 1. The van der Waals surface area contributed by atoms with E-state index in [2.05, 4.69) is 20.5 Å². The lowest BCUT2D eigenvalue weighted by molar-refractivity contribution is -0.113. The van der Waals surface area contributed by atoms with Gasteiger partial charge in [-0.15, -0.1) is 21.5 Å². The van der Waals surface area contributed by atoms with Crippen molar-refractivity contribution in [2.24, 2.45) is 0 Å². The number of hydrogen-bond donors (Lipinski definition) is 1. The summed E-state index contributed by atoms with van der Waals surface area (Å²) in [4.78, 5) is 16.9. The third-order valence-electron chi connectivity index (χ3n) is 4.94. The summed E-state index contributed by atoms with van der Waals surface area (Å²) in [5.74, 6) is -0.0641. The molecule has 0 saturated carbocycles. The Morgan fingerprint density at radius 3 is 2.47 bits per heavy atom. The summed E-state index contributed by atoms with van der Waals surface area (Å²) in [6.45, 7) is 0. The largest absolute Gasteiger partial charge is 0.325 e. The van der Waals surface area contributed by atoms with E-state index in [0.717, 1.165) is 16.3 Å². The number of nitrogens with one attached hydrogen (secondary N) is 1. The standard InChI is InChI=1S/C25H18FN5OS2/c26-21-9-5-4-8-20(21)23-29-30-25(31(23)19-6-2-1-3-7-19)34-16-22(32)28-18-12-10-17(11-13-18)24-27-14-15-33-24/h1-15H,16H2,(H,28,32). The van der Waals surface area contributed by atoms with E-state index < -0.39 is 0 Å². The molecular formula is C25H18FN5OS2. The molecule has 6 nitrogen and oxygen atoms in total. The number of carbonyl (C=O) groups excluding carboxylic acids is 1. The van der Waals surface area contributed by atoms with Gasteiger partial charge in [-0.05, 0) is 48.5 Å². The van der Waals surface area contributed by atoms with Crippen LogP contribution in [0.2, 0.25) is 0 Å². The Bertz CT molecular complexity index is 1400. The molecule has 1 N–H and O–H groups in total. The number of rotatable bonds is 7. The fraction of sp³-hybridized carbons (Fsp3) is 0.0400. The topological polar surface area (TPSA) is 72.7 Å². The van der Waals surface area contributed by atoms with E-state index in [-0.39, 0.29) is 17.5 Å². The summed E-state index contributed by atoms with van der Waals surface area (Å²) in [7, 11) is 0. The first-order valence-corrected chi connectivity index (χ1v) is 12.2. The molecule has 0 bridgehead atoms. The summed E-state index contributed by atoms with van der Waals surface area (Å²) in [5, 5.41) is 14.7. The Kier molecular flexibility index (Phi) is 6.46. The van der Waals surface area contributed by atoms with Crippen LogP contribution >= 0.6 is 23.1 Å². The number of thiazole rings is 1. The molecule has 5 aromatic rings. The zero-order chi connectivity index (χ0) is 23.3. The van der Waals surface area contributed by atoms with Crippen LogP contribution in [0, 0.1) is 5.82 Å². The lowest BCUT2D eigenvalue weighted by Gasteiger charge is -2.11. The van der Waals surface area contributed by atoms with Crippen molar-refractivity contribution in [1.29, 1.82) is 0 Å². The van der Waals surface area contributed by atoms with Crippen molar-refractivity contribution in [3.63, 3.8) is 0 Å². The number of para-hydroxylation sites is 1. The van der Waals surface area contributed by atoms with Crippen molar-refractivity contribution in [1.82, 2.24) is 19.7 Å². The second kappa shape index (κ2) is 9.98. The van der Waals surface area contributed by atoms with Crippen LogP contribution in [0.3, 0.4) is 0 Å². The van der Waals surface area contributed by atoms with E-state index in [4.69, 9.17) is 0 Å². The molecule has 168 valence electrons. The van der Waals surface area contributed by atoms with Crippen molar-refractivity contribution < 1.29 is 9.18 Å². The third-order valence-corrected chi connectivity index (χ3v) is 6.69. The first-order chi connectivity index (χ1) is 16.7. The molecule has 0 spiro atoms. The number of halogens is 1. The van der Waals surface area contributed by atoms with Crippen molar-refractivity contribution in [2.45, 2.75) is 5.16 Å². The maximum Gasteiger partial charge on any atom is 0.234 e. The molecule has 0 atom stereocenters. The lowest BCUT2D eigenvalue weighted by atomic mass is 10.2. The first kappa shape index (κ1) is 22.0. The molecule has 1 amide bonds. The monoisotopic (exact) mass is 487 g/mol. The fourth-order valence-corrected chi connectivity index (χ4v) is 4.78. The van der Waals surface area contributed by atoms with Gasteiger partial charge >= 0.3 is 0 Å². The van der Waals surface area contributed by atoms with Crippen LogP contribution in [0.15, 0.2) is 95.6 Å². The minimum absolute atomic E-state index is 0.121. The van der Waals surface area contributed by atoms with Crippen LogP contribution in [0.25, 0.3) is 27.6 Å². The van der Waals surface area contributed by atoms with Crippen LogP contribution in [-0.2, 0) is 4.79 Å². The maximum absolute atomic E-state index is 14.5. The van der Waals surface area contributed by atoms with Gasteiger partial charge in [-0.3, -0.25) is 9.36 Å². The molecule has 3 aromatic carbocycles. The van der Waals surface area contributed by atoms with E-state index in [1.54, 1.807) is 40.3 Å². The molecule has 2 heterocycles. The number of nitrogens with zero attached hydrogens (tertiary/aromatic N) is 4. The van der Waals surface area contributed by atoms with Crippen molar-refractivity contribution in [3.8, 4) is 27.6 Å². The van der Waals surface area contributed by atoms with Crippen LogP contribution in [0.5, 0.6) is 0 Å². The predicted molar refractivity (Wildman–Crippen MR) is 134 cm³/mol. The second-order valence-corrected chi connectivity index (χ2v) is 9.05. The Hall–Kier alpha value is -3.82. The van der Waals surface area contributed by atoms with E-state index in [9.17, 15) is 9.18 Å². The van der Waals surface area contributed by atoms with Gasteiger partial charge in [-0.1, -0.05) is 42.1 Å². The van der Waals surface area contributed by atoms with Gasteiger partial charge in [-0.25, -0.2) is 9.37 Å². The smallest absolute Gasteiger partial charge is 0.234 e. The number of carbonyl (C=O) groups is 1. The highest BCUT2D eigenvalue weighted by atomic mass is 32.2. The summed E-state index contributed by atoms with van der Waals surface area (Å²) in [6.07, 6.45) is 1.76. The summed E-state index contributed by atoms with van der Waals surface area (Å²) < 4.78 is 16.3. The first-order valence-electron chi connectivity index (χ1n) is 10.4. The van der Waals surface area contributed by atoms with Crippen molar-refractivity contribution in [3.05, 3.63) is 96.3 Å². The molecule has 0 unspecified atom stereocenters. The SMILES string of the molecule is O=C(CSc1nnc(-c2ccccc2F)n1-c1ccccc1)Nc1ccc(-c2nccs2)cc1. The minimum Gasteiger partial charge on any atom is -0.325 e. The zero-order valence-corrected chi connectivity index (χ0v) is 19.4. The maximum atomic E-state index is 14.5. The van der Waals surface area contributed by atoms with Gasteiger partial charge in [0.25, 0.3) is 0 Å². The van der Waals surface area contributed by atoms with Crippen LogP contribution < -0.4 is 5.32 Å². The summed E-state index contributed by atoms with van der Waals surface area (Å²) in [5.41, 5.74) is 2.82. The molecule has 5 rings (SSSR count). The molecule has 0 saturated heterocycles. The van der Waals surface area contributed by atoms with Crippen molar-refractivity contribution >= 4 is 34.7 Å². The average molecular weight is 488 g/mol. The molecule has 34 heavy (non-hydrogen) atoms. The number of benzene rings is 3. The number of aromatic nitrogens is 4. The average Bonchev–Trinajstić information content (AvgIpc) is 3.55. The molecule has 0 aliphatic carbocycles. The molecule has 9 heteroatoms. The second-order valence-electron chi connectivity index (χ2n) is 7.21. The Labute approximate surface area is 203 Å². The van der Waals surface area contributed by atoms with Gasteiger partial charge in [0.05, 0.1) is 11.3 Å². The Morgan fingerprint density at radius 1 is 0.971 bits per heavy atom. The van der Waals surface area contributed by atoms with Crippen LogP contribution in [-0.4, -0.2) is 31.4 Å². The fourth-order valence-electron chi connectivity index (χ4n) is 3.38. The van der Waals surface area contributed by atoms with E-state index in [1.165, 1.54) is 17.8 Å². The Balaban J connectivity index is 1.33. The molecule has 0 aliphatic rings. The van der Waals surface area contributed by atoms with Gasteiger partial charge in [0.2, 0.25) is 5.91 Å². The van der Waals surface area contributed by atoms with Crippen LogP contribution in [0.4, 0.5) is 10.1 Å². The van der Waals surface area contributed by atoms with Crippen LogP contribution in [0.1, 0.15) is 0 Å². The van der Waals surface area contributed by atoms with Gasteiger partial charge in [0, 0.05) is 28.5 Å². The van der Waals surface area contributed by atoms with Gasteiger partial charge in [0.15, 0.2) is 11.0 Å². The summed E-state index contributed by atoms with van der Waals surface area (Å²) in [6, 6.07) is 23.4. The highest BCUT2D eigenvalue weighted by Crippen LogP contribution is 2.29. The zero-order valence-electron chi connectivity index (χ0n) is 17.8. The molecule has 0 aliphatic heterocycles. The number of hydrogen-bond acceptors (Lipinski definition) is 6. The van der Waals surface area contributed by atoms with E-state index in [0.29, 0.717) is 22.2 Å². The van der Waals surface area contributed by atoms with E-state index in [1.807, 2.05) is 60.0 Å². The quantitative estimate of drug-likeness (QED) is 0.288. The van der Waals surface area contributed by atoms with Gasteiger partial charge < -0.3 is 5.32 Å². The number of thioether (sulfide) groups is 1. The molecule has 2 aromatic heterocycles. The van der Waals surface area contributed by atoms with E-state index >= 15 is 0 Å². The summed E-state index contributed by atoms with van der Waals surface area (Å²) >= 11 is 2.80. The van der Waals surface area contributed by atoms with Gasteiger partial charge in [0.1, 0.15) is 10.8 Å². The Morgan fingerprint density at radius 2 is 1.74 bits per heavy atom. The lowest BCUT2D eigenvalue weighted by Crippen LogP contribution is -2.14.